The molecule has 0 radical (unpaired) electrons. The van der Waals surface area contributed by atoms with Crippen LogP contribution in [0.3, 0.4) is 0 Å². The molecule has 1 aromatic carbocycles. The Morgan fingerprint density at radius 1 is 0.968 bits per heavy atom. The van der Waals surface area contributed by atoms with Gasteiger partial charge in [0.1, 0.15) is 11.5 Å². The van der Waals surface area contributed by atoms with Gasteiger partial charge in [0.25, 0.3) is 0 Å². The summed E-state index contributed by atoms with van der Waals surface area (Å²) in [5, 5.41) is 6.07. The maximum atomic E-state index is 12.2. The van der Waals surface area contributed by atoms with Crippen LogP contribution in [0.25, 0.3) is 0 Å². The fourth-order valence-corrected chi connectivity index (χ4v) is 3.38. The van der Waals surface area contributed by atoms with Crippen LogP contribution in [0.2, 0.25) is 0 Å². The lowest BCUT2D eigenvalue weighted by Crippen LogP contribution is -2.37. The third-order valence-corrected chi connectivity index (χ3v) is 5.31. The van der Waals surface area contributed by atoms with Gasteiger partial charge >= 0.3 is 11.8 Å². The van der Waals surface area contributed by atoms with Crippen molar-refractivity contribution in [3.05, 3.63) is 84.1 Å². The molecule has 0 aliphatic rings. The Morgan fingerprint density at radius 3 is 2.48 bits per heavy atom. The largest absolute Gasteiger partial charge is 0.459 e. The Balaban J connectivity index is 1.45. The summed E-state index contributed by atoms with van der Waals surface area (Å²) < 4.78 is 32.3. The molecule has 31 heavy (non-hydrogen) atoms. The highest BCUT2D eigenvalue weighted by molar-refractivity contribution is 7.89. The summed E-state index contributed by atoms with van der Waals surface area (Å²) in [5.41, 5.74) is 2.69. The van der Waals surface area contributed by atoms with Gasteiger partial charge in [-0.2, -0.15) is 5.10 Å². The van der Waals surface area contributed by atoms with Gasteiger partial charge in [-0.1, -0.05) is 24.3 Å². The summed E-state index contributed by atoms with van der Waals surface area (Å²) in [6, 6.07) is 16.3. The van der Waals surface area contributed by atoms with Crippen LogP contribution >= 0.6 is 0 Å². The highest BCUT2D eigenvalue weighted by atomic mass is 32.2. The zero-order valence-corrected chi connectivity index (χ0v) is 17.0. The number of amides is 2. The molecular weight excluding hydrogens is 422 g/mol. The maximum absolute atomic E-state index is 12.2. The summed E-state index contributed by atoms with van der Waals surface area (Å²) in [6.07, 6.45) is 2.77. The molecule has 11 heteroatoms. The molecule has 3 aromatic rings. The second kappa shape index (κ2) is 10.3. The topological polar surface area (TPSA) is 143 Å². The second-order valence-electron chi connectivity index (χ2n) is 6.14. The zero-order valence-electron chi connectivity index (χ0n) is 16.2. The highest BCUT2D eigenvalue weighted by Crippen LogP contribution is 2.10. The minimum absolute atomic E-state index is 0.0621. The van der Waals surface area contributed by atoms with E-state index in [0.29, 0.717) is 11.5 Å². The van der Waals surface area contributed by atoms with Gasteiger partial charge in [-0.05, 0) is 36.4 Å². The number of rotatable bonds is 8. The molecule has 10 nitrogen and oxygen atoms in total. The number of hydrogen-bond donors (Lipinski definition) is 3. The van der Waals surface area contributed by atoms with Crippen LogP contribution in [-0.4, -0.2) is 31.4 Å². The van der Waals surface area contributed by atoms with Gasteiger partial charge in [-0.3, -0.25) is 14.6 Å². The summed E-state index contributed by atoms with van der Waals surface area (Å²) >= 11 is 0. The molecule has 2 aromatic heterocycles. The van der Waals surface area contributed by atoms with E-state index in [1.165, 1.54) is 18.3 Å². The summed E-state index contributed by atoms with van der Waals surface area (Å²) in [7, 11) is -3.66. The van der Waals surface area contributed by atoms with E-state index in [1.807, 2.05) is 0 Å². The molecule has 2 amide bonds. The third-order valence-electron chi connectivity index (χ3n) is 3.89. The number of nitrogens with one attached hydrogen (secondary N) is 3. The molecule has 3 rings (SSSR count). The fraction of sp³-hybridized carbons (Fsp3) is 0.100. The number of pyridine rings is 1. The van der Waals surface area contributed by atoms with Crippen molar-refractivity contribution in [2.24, 2.45) is 5.10 Å². The van der Waals surface area contributed by atoms with Crippen molar-refractivity contribution in [3.63, 3.8) is 0 Å². The Hall–Kier alpha value is -3.83. The van der Waals surface area contributed by atoms with E-state index in [2.05, 4.69) is 25.6 Å². The summed E-state index contributed by atoms with van der Waals surface area (Å²) in [6.45, 7) is 0.0462. The first kappa shape index (κ1) is 21.9. The number of hydrogen-bond acceptors (Lipinski definition) is 7. The van der Waals surface area contributed by atoms with E-state index >= 15 is 0 Å². The first-order valence-electron chi connectivity index (χ1n) is 9.08. The molecule has 0 unspecified atom stereocenters. The van der Waals surface area contributed by atoms with Crippen LogP contribution in [0, 0.1) is 0 Å². The van der Waals surface area contributed by atoms with Crippen molar-refractivity contribution >= 4 is 28.1 Å². The lowest BCUT2D eigenvalue weighted by Gasteiger charge is -2.04. The third kappa shape index (κ3) is 6.59. The van der Waals surface area contributed by atoms with Gasteiger partial charge < -0.3 is 9.73 Å². The first-order chi connectivity index (χ1) is 14.9. The molecule has 0 aliphatic heterocycles. The predicted molar refractivity (Wildman–Crippen MR) is 111 cm³/mol. The number of benzene rings is 1. The number of nitrogens with zero attached hydrogens (tertiary/aromatic N) is 2. The smallest absolute Gasteiger partial charge is 0.329 e. The number of sulfonamides is 1. The van der Waals surface area contributed by atoms with Crippen molar-refractivity contribution in [3.8, 4) is 0 Å². The van der Waals surface area contributed by atoms with Gasteiger partial charge in [-0.25, -0.2) is 18.6 Å². The molecule has 2 heterocycles. The van der Waals surface area contributed by atoms with Gasteiger partial charge in [0, 0.05) is 6.20 Å². The Labute approximate surface area is 178 Å². The van der Waals surface area contributed by atoms with E-state index in [0.717, 1.165) is 0 Å². The molecule has 0 bridgehead atoms. The average molecular weight is 441 g/mol. The molecular formula is C20H19N5O5S. The van der Waals surface area contributed by atoms with Gasteiger partial charge in [-0.15, -0.1) is 0 Å². The van der Waals surface area contributed by atoms with Crippen LogP contribution in [0.5, 0.6) is 0 Å². The predicted octanol–water partition coefficient (Wildman–Crippen LogP) is 0.920. The van der Waals surface area contributed by atoms with Crippen molar-refractivity contribution in [1.82, 2.24) is 20.4 Å². The maximum Gasteiger partial charge on any atom is 0.329 e. The zero-order chi connectivity index (χ0) is 22.1. The van der Waals surface area contributed by atoms with Crippen molar-refractivity contribution in [2.75, 3.05) is 0 Å². The molecule has 160 valence electrons. The molecule has 3 N–H and O–H groups in total. The van der Waals surface area contributed by atoms with E-state index < -0.39 is 21.8 Å². The number of carbonyl (C=O) groups excluding carboxylic acids is 2. The highest BCUT2D eigenvalue weighted by Gasteiger charge is 2.14. The number of carbonyl (C=O) groups is 2. The summed E-state index contributed by atoms with van der Waals surface area (Å²) in [4.78, 5) is 27.7. The van der Waals surface area contributed by atoms with E-state index in [-0.39, 0.29) is 23.7 Å². The fourth-order valence-electron chi connectivity index (χ4n) is 2.37. The molecule has 0 fully saturated rings. The first-order valence-corrected chi connectivity index (χ1v) is 10.6. The molecule has 0 saturated carbocycles. The van der Waals surface area contributed by atoms with Crippen LogP contribution < -0.4 is 15.5 Å². The Morgan fingerprint density at radius 2 is 1.74 bits per heavy atom. The van der Waals surface area contributed by atoms with Crippen molar-refractivity contribution in [2.45, 2.75) is 18.0 Å². The van der Waals surface area contributed by atoms with Crippen LogP contribution in [0.15, 0.2) is 81.3 Å². The molecule has 0 atom stereocenters. The Bertz CT molecular complexity index is 1160. The standard InChI is InChI=1S/C20H19N5O5S/c26-19(22-12-15-6-4-5-11-21-15)20(27)25-23-13-16-9-10-17(30-16)14-24-31(28,29)18-7-2-1-3-8-18/h1-11,13,24H,12,14H2,(H,22,26)(H,25,27)/b23-13+. The summed E-state index contributed by atoms with van der Waals surface area (Å²) in [5.74, 6) is -1.20. The lowest BCUT2D eigenvalue weighted by molar-refractivity contribution is -0.139. The van der Waals surface area contributed by atoms with E-state index in [4.69, 9.17) is 4.42 Å². The van der Waals surface area contributed by atoms with E-state index in [9.17, 15) is 18.0 Å². The SMILES string of the molecule is O=C(NCc1ccccn1)C(=O)N/N=C/c1ccc(CNS(=O)(=O)c2ccccc2)o1. The average Bonchev–Trinajstić information content (AvgIpc) is 3.25. The van der Waals surface area contributed by atoms with Crippen LogP contribution in [-0.2, 0) is 32.7 Å². The molecule has 0 spiro atoms. The number of furan rings is 1. The number of aromatic nitrogens is 1. The minimum atomic E-state index is -3.66. The van der Waals surface area contributed by atoms with Gasteiger partial charge in [0.2, 0.25) is 10.0 Å². The second-order valence-corrected chi connectivity index (χ2v) is 7.91. The van der Waals surface area contributed by atoms with Crippen molar-refractivity contribution < 1.29 is 22.4 Å². The lowest BCUT2D eigenvalue weighted by atomic mass is 10.3. The van der Waals surface area contributed by atoms with Crippen LogP contribution in [0.1, 0.15) is 17.2 Å². The van der Waals surface area contributed by atoms with E-state index in [1.54, 1.807) is 54.7 Å². The van der Waals surface area contributed by atoms with Gasteiger partial charge in [0.05, 0.1) is 29.9 Å². The molecule has 0 aliphatic carbocycles. The normalized spacial score (nSPS) is 11.4. The van der Waals surface area contributed by atoms with Crippen LogP contribution in [0.4, 0.5) is 0 Å². The molecule has 0 saturated heterocycles. The van der Waals surface area contributed by atoms with Crippen molar-refractivity contribution in [1.29, 1.82) is 0 Å². The number of hydrazone groups is 1. The Kier molecular flexibility index (Phi) is 7.25. The minimum Gasteiger partial charge on any atom is -0.459 e. The quantitative estimate of drug-likeness (QED) is 0.269. The van der Waals surface area contributed by atoms with Gasteiger partial charge in [0.15, 0.2) is 0 Å². The monoisotopic (exact) mass is 441 g/mol.